The van der Waals surface area contributed by atoms with E-state index in [1.54, 1.807) is 6.07 Å². The second kappa shape index (κ2) is 6.88. The summed E-state index contributed by atoms with van der Waals surface area (Å²) in [6, 6.07) is 12.8. The molecular formula is C15H17NO4. The molecule has 0 aliphatic heterocycles. The molecule has 3 N–H and O–H groups in total. The summed E-state index contributed by atoms with van der Waals surface area (Å²) in [5, 5.41) is 21.3. The van der Waals surface area contributed by atoms with Crippen molar-refractivity contribution in [1.29, 1.82) is 0 Å². The molecular weight excluding hydrogens is 258 g/mol. The van der Waals surface area contributed by atoms with Gasteiger partial charge in [-0.05, 0) is 24.1 Å². The number of aromatic carboxylic acids is 1. The van der Waals surface area contributed by atoms with E-state index in [1.807, 2.05) is 30.3 Å². The van der Waals surface area contributed by atoms with Crippen molar-refractivity contribution in [3.8, 4) is 0 Å². The highest BCUT2D eigenvalue weighted by atomic mass is 16.4. The van der Waals surface area contributed by atoms with E-state index in [1.165, 1.54) is 6.07 Å². The Morgan fingerprint density at radius 3 is 2.55 bits per heavy atom. The van der Waals surface area contributed by atoms with Crippen LogP contribution in [-0.4, -0.2) is 28.8 Å². The highest BCUT2D eigenvalue weighted by Crippen LogP contribution is 2.09. The zero-order chi connectivity index (χ0) is 14.4. The Hall–Kier alpha value is -2.11. The number of rotatable bonds is 7. The fraction of sp³-hybridized carbons (Fsp3) is 0.267. The van der Waals surface area contributed by atoms with E-state index in [4.69, 9.17) is 9.52 Å². The molecule has 5 heteroatoms. The molecule has 2 rings (SSSR count). The van der Waals surface area contributed by atoms with Crippen LogP contribution in [0, 0.1) is 0 Å². The molecule has 0 saturated heterocycles. The highest BCUT2D eigenvalue weighted by molar-refractivity contribution is 5.84. The summed E-state index contributed by atoms with van der Waals surface area (Å²) < 4.78 is 5.15. The molecule has 0 radical (unpaired) electrons. The van der Waals surface area contributed by atoms with Crippen LogP contribution in [0.15, 0.2) is 46.9 Å². The zero-order valence-corrected chi connectivity index (χ0v) is 11.0. The Labute approximate surface area is 116 Å². The Balaban J connectivity index is 1.88. The first-order valence-corrected chi connectivity index (χ1v) is 6.39. The van der Waals surface area contributed by atoms with Gasteiger partial charge in [0, 0.05) is 6.04 Å². The van der Waals surface area contributed by atoms with Gasteiger partial charge in [-0.2, -0.15) is 0 Å². The van der Waals surface area contributed by atoms with Gasteiger partial charge in [0.15, 0.2) is 0 Å². The number of benzene rings is 1. The summed E-state index contributed by atoms with van der Waals surface area (Å²) in [4.78, 5) is 10.7. The first-order valence-electron chi connectivity index (χ1n) is 6.39. The summed E-state index contributed by atoms with van der Waals surface area (Å²) in [5.74, 6) is -0.626. The molecule has 1 aromatic carbocycles. The van der Waals surface area contributed by atoms with Gasteiger partial charge in [-0.25, -0.2) is 4.79 Å². The van der Waals surface area contributed by atoms with E-state index in [0.29, 0.717) is 18.7 Å². The van der Waals surface area contributed by atoms with Crippen LogP contribution in [0.3, 0.4) is 0 Å². The molecule has 0 spiro atoms. The lowest BCUT2D eigenvalue weighted by atomic mass is 10.1. The van der Waals surface area contributed by atoms with Gasteiger partial charge in [0.05, 0.1) is 13.2 Å². The Morgan fingerprint density at radius 2 is 1.95 bits per heavy atom. The summed E-state index contributed by atoms with van der Waals surface area (Å²) in [7, 11) is 0. The van der Waals surface area contributed by atoms with Crippen LogP contribution in [0.5, 0.6) is 0 Å². The number of carboxylic acid groups (broad SMARTS) is 1. The van der Waals surface area contributed by atoms with E-state index in [2.05, 4.69) is 5.32 Å². The first-order chi connectivity index (χ1) is 9.69. The van der Waals surface area contributed by atoms with Gasteiger partial charge >= 0.3 is 5.97 Å². The third kappa shape index (κ3) is 3.94. The fourth-order valence-corrected chi connectivity index (χ4v) is 1.93. The van der Waals surface area contributed by atoms with Crippen LogP contribution in [0.1, 0.15) is 21.9 Å². The Morgan fingerprint density at radius 1 is 1.20 bits per heavy atom. The van der Waals surface area contributed by atoms with Gasteiger partial charge in [0.2, 0.25) is 5.76 Å². The minimum Gasteiger partial charge on any atom is -0.475 e. The molecule has 0 bridgehead atoms. The average molecular weight is 275 g/mol. The first kappa shape index (κ1) is 14.3. The predicted octanol–water partition coefficient (Wildman–Crippen LogP) is 1.67. The van der Waals surface area contributed by atoms with Crippen molar-refractivity contribution in [2.24, 2.45) is 0 Å². The molecule has 0 aliphatic carbocycles. The number of hydrogen-bond acceptors (Lipinski definition) is 4. The largest absolute Gasteiger partial charge is 0.475 e. The number of aliphatic hydroxyl groups excluding tert-OH is 1. The van der Waals surface area contributed by atoms with Crippen molar-refractivity contribution < 1.29 is 19.4 Å². The van der Waals surface area contributed by atoms with Crippen molar-refractivity contribution in [3.05, 3.63) is 59.5 Å². The topological polar surface area (TPSA) is 82.7 Å². The lowest BCUT2D eigenvalue weighted by Gasteiger charge is -2.15. The van der Waals surface area contributed by atoms with Crippen LogP contribution in [0.2, 0.25) is 0 Å². The minimum atomic E-state index is -1.08. The average Bonchev–Trinajstić information content (AvgIpc) is 2.93. The minimum absolute atomic E-state index is 0.00138. The van der Waals surface area contributed by atoms with Gasteiger partial charge in [-0.3, -0.25) is 0 Å². The lowest BCUT2D eigenvalue weighted by molar-refractivity contribution is 0.0660. The molecule has 20 heavy (non-hydrogen) atoms. The monoisotopic (exact) mass is 275 g/mol. The van der Waals surface area contributed by atoms with E-state index in [-0.39, 0.29) is 18.4 Å². The third-order valence-electron chi connectivity index (χ3n) is 2.98. The van der Waals surface area contributed by atoms with Crippen molar-refractivity contribution in [2.75, 3.05) is 6.61 Å². The Kier molecular flexibility index (Phi) is 4.92. The maximum absolute atomic E-state index is 10.7. The van der Waals surface area contributed by atoms with Crippen molar-refractivity contribution in [1.82, 2.24) is 5.32 Å². The third-order valence-corrected chi connectivity index (χ3v) is 2.98. The summed E-state index contributed by atoms with van der Waals surface area (Å²) in [6.45, 7) is 0.382. The molecule has 0 aliphatic rings. The molecule has 0 saturated carbocycles. The van der Waals surface area contributed by atoms with Gasteiger partial charge in [0.1, 0.15) is 5.76 Å². The number of aliphatic hydroxyl groups is 1. The molecule has 5 nitrogen and oxygen atoms in total. The van der Waals surface area contributed by atoms with Gasteiger partial charge < -0.3 is 19.9 Å². The molecule has 2 aromatic rings. The van der Waals surface area contributed by atoms with Crippen LogP contribution < -0.4 is 5.32 Å². The molecule has 0 amide bonds. The van der Waals surface area contributed by atoms with Gasteiger partial charge in [-0.15, -0.1) is 0 Å². The zero-order valence-electron chi connectivity index (χ0n) is 11.0. The highest BCUT2D eigenvalue weighted by Gasteiger charge is 2.11. The van der Waals surface area contributed by atoms with Crippen LogP contribution in [0.25, 0.3) is 0 Å². The molecule has 1 atom stereocenters. The van der Waals surface area contributed by atoms with Gasteiger partial charge in [0.25, 0.3) is 0 Å². The van der Waals surface area contributed by atoms with E-state index in [9.17, 15) is 9.90 Å². The second-order valence-corrected chi connectivity index (χ2v) is 4.52. The molecule has 1 heterocycles. The van der Waals surface area contributed by atoms with Crippen molar-refractivity contribution >= 4 is 5.97 Å². The van der Waals surface area contributed by atoms with Crippen molar-refractivity contribution in [2.45, 2.75) is 19.0 Å². The van der Waals surface area contributed by atoms with E-state index >= 15 is 0 Å². The number of carbonyl (C=O) groups is 1. The number of nitrogens with one attached hydrogen (secondary N) is 1. The SMILES string of the molecule is O=C(O)c1ccc(CN[C@H](CO)Cc2ccccc2)o1. The maximum Gasteiger partial charge on any atom is 0.371 e. The smallest absolute Gasteiger partial charge is 0.371 e. The molecule has 0 unspecified atom stereocenters. The Bertz CT molecular complexity index is 550. The summed E-state index contributed by atoms with van der Waals surface area (Å²) in [5.41, 5.74) is 1.13. The molecule has 1 aromatic heterocycles. The normalized spacial score (nSPS) is 12.2. The quantitative estimate of drug-likeness (QED) is 0.716. The van der Waals surface area contributed by atoms with Crippen LogP contribution in [-0.2, 0) is 13.0 Å². The second-order valence-electron chi connectivity index (χ2n) is 4.52. The standard InChI is InChI=1S/C15H17NO4/c17-10-12(8-11-4-2-1-3-5-11)16-9-13-6-7-14(20-13)15(18)19/h1-7,12,16-17H,8-10H2,(H,18,19)/t12-/m0/s1. The van der Waals surface area contributed by atoms with Crippen molar-refractivity contribution in [3.63, 3.8) is 0 Å². The van der Waals surface area contributed by atoms with Crippen LogP contribution in [0.4, 0.5) is 0 Å². The number of carboxylic acids is 1. The summed E-state index contributed by atoms with van der Waals surface area (Å²) >= 11 is 0. The van der Waals surface area contributed by atoms with E-state index < -0.39 is 5.97 Å². The lowest BCUT2D eigenvalue weighted by Crippen LogP contribution is -2.33. The molecule has 106 valence electrons. The predicted molar refractivity (Wildman–Crippen MR) is 73.5 cm³/mol. The summed E-state index contributed by atoms with van der Waals surface area (Å²) in [6.07, 6.45) is 0.698. The number of furan rings is 1. The van der Waals surface area contributed by atoms with E-state index in [0.717, 1.165) is 5.56 Å². The fourth-order valence-electron chi connectivity index (χ4n) is 1.93. The van der Waals surface area contributed by atoms with Gasteiger partial charge in [-0.1, -0.05) is 30.3 Å². The van der Waals surface area contributed by atoms with Crippen LogP contribution >= 0.6 is 0 Å². The number of hydrogen-bond donors (Lipinski definition) is 3. The molecule has 0 fully saturated rings. The maximum atomic E-state index is 10.7.